The highest BCUT2D eigenvalue weighted by Gasteiger charge is 2.35. The van der Waals surface area contributed by atoms with Crippen molar-refractivity contribution in [3.63, 3.8) is 0 Å². The van der Waals surface area contributed by atoms with Gasteiger partial charge in [-0.3, -0.25) is 4.79 Å². The SMILES string of the molecule is CCC(C(=O)c1ncco1)C1CCN(S(=O)(=O)c2ccc(Cl)cc2)CC1. The molecule has 1 fully saturated rings. The van der Waals surface area contributed by atoms with Crippen molar-refractivity contribution >= 4 is 27.4 Å². The highest BCUT2D eigenvalue weighted by atomic mass is 35.5. The van der Waals surface area contributed by atoms with Crippen LogP contribution in [-0.2, 0) is 10.0 Å². The molecule has 0 saturated carbocycles. The van der Waals surface area contributed by atoms with Crippen LogP contribution in [0.3, 0.4) is 0 Å². The fourth-order valence-electron chi connectivity index (χ4n) is 3.51. The van der Waals surface area contributed by atoms with Crippen LogP contribution in [0.25, 0.3) is 0 Å². The number of carbonyl (C=O) groups is 1. The lowest BCUT2D eigenvalue weighted by molar-refractivity contribution is 0.0791. The summed E-state index contributed by atoms with van der Waals surface area (Å²) in [7, 11) is -3.54. The maximum absolute atomic E-state index is 12.8. The van der Waals surface area contributed by atoms with E-state index in [0.29, 0.717) is 37.4 Å². The summed E-state index contributed by atoms with van der Waals surface area (Å²) < 4.78 is 32.1. The molecule has 2 heterocycles. The van der Waals surface area contributed by atoms with Crippen LogP contribution in [-0.4, -0.2) is 36.6 Å². The van der Waals surface area contributed by atoms with Crippen LogP contribution in [0.4, 0.5) is 0 Å². The predicted molar refractivity (Wildman–Crippen MR) is 97.5 cm³/mol. The van der Waals surface area contributed by atoms with Crippen LogP contribution in [0.1, 0.15) is 36.9 Å². The number of oxazole rings is 1. The second-order valence-electron chi connectivity index (χ2n) is 6.41. The molecule has 2 aromatic rings. The summed E-state index contributed by atoms with van der Waals surface area (Å²) in [6, 6.07) is 6.18. The molecule has 1 aromatic carbocycles. The first-order valence-electron chi connectivity index (χ1n) is 8.63. The number of benzene rings is 1. The summed E-state index contributed by atoms with van der Waals surface area (Å²) >= 11 is 5.84. The minimum absolute atomic E-state index is 0.100. The molecule has 8 heteroatoms. The summed E-state index contributed by atoms with van der Waals surface area (Å²) in [4.78, 5) is 16.8. The standard InChI is InChI=1S/C18H21ClN2O4S/c1-2-16(17(22)18-20-9-12-25-18)13-7-10-21(11-8-13)26(23,24)15-5-3-14(19)4-6-15/h3-6,9,12-13,16H,2,7-8,10-11H2,1H3. The van der Waals surface area contributed by atoms with Gasteiger partial charge >= 0.3 is 0 Å². The normalized spacial score (nSPS) is 17.9. The number of nitrogens with zero attached hydrogens (tertiary/aromatic N) is 2. The molecule has 26 heavy (non-hydrogen) atoms. The number of piperidine rings is 1. The summed E-state index contributed by atoms with van der Waals surface area (Å²) in [5.41, 5.74) is 0. The number of aromatic nitrogens is 1. The third-order valence-corrected chi connectivity index (χ3v) is 7.10. The molecule has 1 atom stereocenters. The fourth-order valence-corrected chi connectivity index (χ4v) is 5.11. The third kappa shape index (κ3) is 3.84. The average molecular weight is 397 g/mol. The minimum Gasteiger partial charge on any atom is -0.442 e. The van der Waals surface area contributed by atoms with E-state index in [1.807, 2.05) is 6.92 Å². The van der Waals surface area contributed by atoms with Crippen molar-refractivity contribution in [2.24, 2.45) is 11.8 Å². The zero-order valence-corrected chi connectivity index (χ0v) is 16.0. The Bertz CT molecular complexity index is 842. The van der Waals surface area contributed by atoms with Crippen LogP contribution >= 0.6 is 11.6 Å². The van der Waals surface area contributed by atoms with Crippen molar-refractivity contribution in [2.75, 3.05) is 13.1 Å². The molecule has 0 radical (unpaired) electrons. The van der Waals surface area contributed by atoms with Crippen LogP contribution < -0.4 is 0 Å². The lowest BCUT2D eigenvalue weighted by Gasteiger charge is -2.34. The maximum Gasteiger partial charge on any atom is 0.263 e. The van der Waals surface area contributed by atoms with Gasteiger partial charge in [-0.1, -0.05) is 18.5 Å². The van der Waals surface area contributed by atoms with E-state index >= 15 is 0 Å². The van der Waals surface area contributed by atoms with E-state index in [1.54, 1.807) is 12.1 Å². The van der Waals surface area contributed by atoms with Gasteiger partial charge in [-0.25, -0.2) is 13.4 Å². The smallest absolute Gasteiger partial charge is 0.263 e. The lowest BCUT2D eigenvalue weighted by Crippen LogP contribution is -2.41. The minimum atomic E-state index is -3.54. The van der Waals surface area contributed by atoms with Gasteiger partial charge in [0.15, 0.2) is 0 Å². The van der Waals surface area contributed by atoms with Crippen LogP contribution in [0.15, 0.2) is 46.0 Å². The molecule has 0 aliphatic carbocycles. The Morgan fingerprint density at radius 1 is 1.31 bits per heavy atom. The molecule has 1 aliphatic heterocycles. The number of hydrogen-bond donors (Lipinski definition) is 0. The van der Waals surface area contributed by atoms with Gasteiger partial charge in [-0.2, -0.15) is 4.31 Å². The molecule has 0 spiro atoms. The molecule has 1 aliphatic rings. The zero-order chi connectivity index (χ0) is 18.7. The van der Waals surface area contributed by atoms with Crippen LogP contribution in [0.5, 0.6) is 0 Å². The Kier molecular flexibility index (Phi) is 5.79. The number of hydrogen-bond acceptors (Lipinski definition) is 5. The molecule has 6 nitrogen and oxygen atoms in total. The van der Waals surface area contributed by atoms with Gasteiger partial charge in [-0.05, 0) is 49.4 Å². The number of rotatable bonds is 6. The van der Waals surface area contributed by atoms with Crippen molar-refractivity contribution in [3.8, 4) is 0 Å². The first-order chi connectivity index (χ1) is 12.4. The fraction of sp³-hybridized carbons (Fsp3) is 0.444. The van der Waals surface area contributed by atoms with Crippen molar-refractivity contribution in [3.05, 3.63) is 47.6 Å². The van der Waals surface area contributed by atoms with Gasteiger partial charge in [0.05, 0.1) is 11.1 Å². The average Bonchev–Trinajstić information content (AvgIpc) is 3.18. The number of ketones is 1. The number of halogens is 1. The van der Waals surface area contributed by atoms with E-state index in [0.717, 1.165) is 0 Å². The Hall–Kier alpha value is -1.70. The molecular weight excluding hydrogens is 376 g/mol. The molecule has 0 N–H and O–H groups in total. The molecule has 0 amide bonds. The van der Waals surface area contributed by atoms with Gasteiger partial charge in [0.2, 0.25) is 15.8 Å². The Labute approximate surface area is 158 Å². The van der Waals surface area contributed by atoms with E-state index in [2.05, 4.69) is 4.98 Å². The summed E-state index contributed by atoms with van der Waals surface area (Å²) in [6.07, 6.45) is 4.80. The van der Waals surface area contributed by atoms with Crippen LogP contribution in [0.2, 0.25) is 5.02 Å². The predicted octanol–water partition coefficient (Wildman–Crippen LogP) is 3.64. The second-order valence-corrected chi connectivity index (χ2v) is 8.79. The van der Waals surface area contributed by atoms with Gasteiger partial charge in [0, 0.05) is 24.0 Å². The topological polar surface area (TPSA) is 80.5 Å². The van der Waals surface area contributed by atoms with Crippen molar-refractivity contribution in [1.82, 2.24) is 9.29 Å². The van der Waals surface area contributed by atoms with E-state index < -0.39 is 10.0 Å². The lowest BCUT2D eigenvalue weighted by atomic mass is 9.80. The second kappa shape index (κ2) is 7.90. The molecular formula is C18H21ClN2O4S. The monoisotopic (exact) mass is 396 g/mol. The largest absolute Gasteiger partial charge is 0.442 e. The first kappa shape index (κ1) is 19.1. The molecule has 3 rings (SSSR count). The summed E-state index contributed by atoms with van der Waals surface area (Å²) in [5.74, 6) is -0.0466. The quantitative estimate of drug-likeness (QED) is 0.696. The molecule has 0 bridgehead atoms. The van der Waals surface area contributed by atoms with Gasteiger partial charge < -0.3 is 4.42 Å². The number of carbonyl (C=O) groups excluding carboxylic acids is 1. The summed E-state index contributed by atoms with van der Waals surface area (Å²) in [6.45, 7) is 2.75. The van der Waals surface area contributed by atoms with E-state index in [1.165, 1.54) is 28.9 Å². The highest BCUT2D eigenvalue weighted by Crippen LogP contribution is 2.32. The third-order valence-electron chi connectivity index (χ3n) is 4.94. The Morgan fingerprint density at radius 2 is 1.96 bits per heavy atom. The van der Waals surface area contributed by atoms with Crippen molar-refractivity contribution in [1.29, 1.82) is 0 Å². The maximum atomic E-state index is 12.8. The zero-order valence-electron chi connectivity index (χ0n) is 14.5. The molecule has 1 aromatic heterocycles. The van der Waals surface area contributed by atoms with E-state index in [4.69, 9.17) is 16.0 Å². The van der Waals surface area contributed by atoms with E-state index in [9.17, 15) is 13.2 Å². The Balaban J connectivity index is 1.68. The number of sulfonamides is 1. The van der Waals surface area contributed by atoms with Gasteiger partial charge in [-0.15, -0.1) is 0 Å². The van der Waals surface area contributed by atoms with Crippen molar-refractivity contribution in [2.45, 2.75) is 31.1 Å². The number of Topliss-reactive ketones (excluding diaryl/α,β-unsaturated/α-hetero) is 1. The van der Waals surface area contributed by atoms with Gasteiger partial charge in [0.1, 0.15) is 6.26 Å². The summed E-state index contributed by atoms with van der Waals surface area (Å²) in [5, 5.41) is 0.499. The first-order valence-corrected chi connectivity index (χ1v) is 10.4. The van der Waals surface area contributed by atoms with Crippen molar-refractivity contribution < 1.29 is 17.6 Å². The van der Waals surface area contributed by atoms with Crippen LogP contribution in [0, 0.1) is 11.8 Å². The molecule has 1 unspecified atom stereocenters. The molecule has 140 valence electrons. The van der Waals surface area contributed by atoms with E-state index in [-0.39, 0.29) is 28.4 Å². The van der Waals surface area contributed by atoms with Gasteiger partial charge in [0.25, 0.3) is 5.89 Å². The molecule has 1 saturated heterocycles. The highest BCUT2D eigenvalue weighted by molar-refractivity contribution is 7.89. The Morgan fingerprint density at radius 3 is 2.50 bits per heavy atom.